The molecule has 0 amide bonds. The number of halogens is 1. The average Bonchev–Trinajstić information content (AvgIpc) is 2.45. The van der Waals surface area contributed by atoms with Crippen molar-refractivity contribution in [3.63, 3.8) is 0 Å². The van der Waals surface area contributed by atoms with Crippen molar-refractivity contribution in [3.05, 3.63) is 42.0 Å². The lowest BCUT2D eigenvalue weighted by Gasteiger charge is -2.06. The molecule has 0 aliphatic heterocycles. The summed E-state index contributed by atoms with van der Waals surface area (Å²) < 4.78 is 10.3. The van der Waals surface area contributed by atoms with Gasteiger partial charge in [0.25, 0.3) is 0 Å². The van der Waals surface area contributed by atoms with Crippen LogP contribution in [0.1, 0.15) is 12.0 Å². The van der Waals surface area contributed by atoms with Crippen molar-refractivity contribution < 1.29 is 9.47 Å². The minimum Gasteiger partial charge on any atom is -0.468 e. The maximum absolute atomic E-state index is 5.60. The first-order valence-corrected chi connectivity index (χ1v) is 6.57. The van der Waals surface area contributed by atoms with Crippen LogP contribution in [0.3, 0.4) is 0 Å². The molecular weight excluding hydrogens is 260 g/mol. The van der Waals surface area contributed by atoms with Crippen LogP contribution in [-0.2, 0) is 4.74 Å². The summed E-state index contributed by atoms with van der Waals surface area (Å²) in [5.41, 5.74) is 1.00. The summed E-state index contributed by atoms with van der Waals surface area (Å²) in [5, 5.41) is 2.26. The molecule has 19 heavy (non-hydrogen) atoms. The van der Waals surface area contributed by atoms with Gasteiger partial charge in [0.15, 0.2) is 6.79 Å². The summed E-state index contributed by atoms with van der Waals surface area (Å²) in [6.07, 6.45) is 0.712. The number of rotatable bonds is 4. The fourth-order valence-corrected chi connectivity index (χ4v) is 1.82. The Morgan fingerprint density at radius 3 is 2.68 bits per heavy atom. The van der Waals surface area contributed by atoms with Crippen LogP contribution in [0.4, 0.5) is 0 Å². The highest BCUT2D eigenvalue weighted by molar-refractivity contribution is 6.18. The van der Waals surface area contributed by atoms with Crippen molar-refractivity contribution in [3.8, 4) is 17.6 Å². The Hall–Kier alpha value is -1.69. The molecule has 0 heterocycles. The summed E-state index contributed by atoms with van der Waals surface area (Å²) >= 11 is 5.60. The van der Waals surface area contributed by atoms with Crippen molar-refractivity contribution in [1.29, 1.82) is 0 Å². The Balaban J connectivity index is 2.23. The van der Waals surface area contributed by atoms with Crippen LogP contribution in [-0.4, -0.2) is 19.8 Å². The maximum Gasteiger partial charge on any atom is 0.188 e. The zero-order valence-electron chi connectivity index (χ0n) is 10.8. The van der Waals surface area contributed by atoms with Gasteiger partial charge in [0.2, 0.25) is 0 Å². The van der Waals surface area contributed by atoms with E-state index in [1.165, 1.54) is 0 Å². The summed E-state index contributed by atoms with van der Waals surface area (Å²) in [4.78, 5) is 0. The van der Waals surface area contributed by atoms with Crippen LogP contribution in [0, 0.1) is 11.8 Å². The molecule has 0 aliphatic carbocycles. The highest BCUT2D eigenvalue weighted by Gasteiger charge is 1.98. The zero-order chi connectivity index (χ0) is 13.5. The Labute approximate surface area is 118 Å². The first kappa shape index (κ1) is 13.7. The van der Waals surface area contributed by atoms with Gasteiger partial charge < -0.3 is 9.47 Å². The van der Waals surface area contributed by atoms with E-state index >= 15 is 0 Å². The van der Waals surface area contributed by atoms with Gasteiger partial charge in [-0.1, -0.05) is 24.0 Å². The van der Waals surface area contributed by atoms with E-state index in [1.807, 2.05) is 30.3 Å². The van der Waals surface area contributed by atoms with Crippen LogP contribution >= 0.6 is 11.6 Å². The van der Waals surface area contributed by atoms with Crippen LogP contribution in [0.5, 0.6) is 5.75 Å². The zero-order valence-corrected chi connectivity index (χ0v) is 11.5. The molecule has 0 unspecified atom stereocenters. The molecule has 0 fully saturated rings. The molecule has 2 aromatic carbocycles. The van der Waals surface area contributed by atoms with Gasteiger partial charge in [-0.3, -0.25) is 0 Å². The molecule has 0 aromatic heterocycles. The molecule has 2 nitrogen and oxygen atoms in total. The van der Waals surface area contributed by atoms with E-state index in [9.17, 15) is 0 Å². The largest absolute Gasteiger partial charge is 0.468 e. The van der Waals surface area contributed by atoms with Gasteiger partial charge in [0.05, 0.1) is 0 Å². The third-order valence-electron chi connectivity index (χ3n) is 2.61. The molecule has 0 bridgehead atoms. The molecule has 0 saturated heterocycles. The Kier molecular flexibility index (Phi) is 5.09. The standard InChI is InChI=1S/C16H15ClO2/c1-18-12-19-16-8-7-14-10-13(4-2-3-9-17)5-6-15(14)11-16/h5-8,10-11H,3,9,12H2,1H3. The van der Waals surface area contributed by atoms with Crippen molar-refractivity contribution in [2.75, 3.05) is 19.8 Å². The van der Waals surface area contributed by atoms with E-state index in [0.29, 0.717) is 12.3 Å². The van der Waals surface area contributed by atoms with E-state index in [0.717, 1.165) is 22.1 Å². The number of fused-ring (bicyclic) bond motifs is 1. The lowest BCUT2D eigenvalue weighted by Crippen LogP contribution is -1.98. The van der Waals surface area contributed by atoms with Gasteiger partial charge in [0.1, 0.15) is 5.75 Å². The summed E-state index contributed by atoms with van der Waals surface area (Å²) in [6, 6.07) is 12.1. The Bertz CT molecular complexity index is 611. The van der Waals surface area contributed by atoms with Crippen molar-refractivity contribution in [1.82, 2.24) is 0 Å². The number of ether oxygens (including phenoxy) is 2. The fraction of sp³-hybridized carbons (Fsp3) is 0.250. The minimum atomic E-state index is 0.257. The predicted molar refractivity (Wildman–Crippen MR) is 78.7 cm³/mol. The SMILES string of the molecule is COCOc1ccc2cc(C#CCCCl)ccc2c1. The first-order valence-electron chi connectivity index (χ1n) is 6.04. The van der Waals surface area contributed by atoms with Gasteiger partial charge in [-0.05, 0) is 35.0 Å². The van der Waals surface area contributed by atoms with E-state index in [4.69, 9.17) is 21.1 Å². The van der Waals surface area contributed by atoms with Crippen LogP contribution < -0.4 is 4.74 Å². The lowest BCUT2D eigenvalue weighted by atomic mass is 10.1. The van der Waals surface area contributed by atoms with Gasteiger partial charge in [-0.2, -0.15) is 0 Å². The molecule has 0 atom stereocenters. The van der Waals surface area contributed by atoms with Crippen LogP contribution in [0.15, 0.2) is 36.4 Å². The molecule has 0 saturated carbocycles. The molecule has 98 valence electrons. The average molecular weight is 275 g/mol. The van der Waals surface area contributed by atoms with Crippen molar-refractivity contribution in [2.24, 2.45) is 0 Å². The second kappa shape index (κ2) is 7.04. The van der Waals surface area contributed by atoms with Crippen LogP contribution in [0.25, 0.3) is 10.8 Å². The van der Waals surface area contributed by atoms with Gasteiger partial charge in [-0.25, -0.2) is 0 Å². The number of hydrogen-bond acceptors (Lipinski definition) is 2. The quantitative estimate of drug-likeness (QED) is 0.480. The van der Waals surface area contributed by atoms with Gasteiger partial charge in [0, 0.05) is 25.0 Å². The number of hydrogen-bond donors (Lipinski definition) is 0. The minimum absolute atomic E-state index is 0.257. The predicted octanol–water partition coefficient (Wildman–Crippen LogP) is 3.80. The van der Waals surface area contributed by atoms with Gasteiger partial charge in [-0.15, -0.1) is 11.6 Å². The monoisotopic (exact) mass is 274 g/mol. The summed E-state index contributed by atoms with van der Waals surface area (Å²) in [5.74, 6) is 7.50. The van der Waals surface area contributed by atoms with Gasteiger partial charge >= 0.3 is 0 Å². The smallest absolute Gasteiger partial charge is 0.188 e. The highest BCUT2D eigenvalue weighted by Crippen LogP contribution is 2.21. The Morgan fingerprint density at radius 2 is 1.89 bits per heavy atom. The molecule has 2 rings (SSSR count). The molecule has 2 aromatic rings. The summed E-state index contributed by atoms with van der Waals surface area (Å²) in [6.45, 7) is 0.257. The lowest BCUT2D eigenvalue weighted by molar-refractivity contribution is 0.0512. The molecule has 0 aliphatic rings. The fourth-order valence-electron chi connectivity index (χ4n) is 1.73. The van der Waals surface area contributed by atoms with E-state index in [1.54, 1.807) is 7.11 Å². The number of benzene rings is 2. The first-order chi connectivity index (χ1) is 9.33. The van der Waals surface area contributed by atoms with Crippen molar-refractivity contribution in [2.45, 2.75) is 6.42 Å². The van der Waals surface area contributed by atoms with Crippen molar-refractivity contribution >= 4 is 22.4 Å². The van der Waals surface area contributed by atoms with E-state index in [2.05, 4.69) is 17.9 Å². The second-order valence-electron chi connectivity index (χ2n) is 4.02. The second-order valence-corrected chi connectivity index (χ2v) is 4.39. The number of alkyl halides is 1. The Morgan fingerprint density at radius 1 is 1.11 bits per heavy atom. The van der Waals surface area contributed by atoms with E-state index < -0.39 is 0 Å². The molecule has 0 radical (unpaired) electrons. The molecule has 0 spiro atoms. The summed E-state index contributed by atoms with van der Waals surface area (Å²) in [7, 11) is 1.60. The molecule has 3 heteroatoms. The third kappa shape index (κ3) is 3.89. The number of methoxy groups -OCH3 is 1. The topological polar surface area (TPSA) is 18.5 Å². The normalized spacial score (nSPS) is 10.0. The van der Waals surface area contributed by atoms with E-state index in [-0.39, 0.29) is 6.79 Å². The molecule has 0 N–H and O–H groups in total. The van der Waals surface area contributed by atoms with Crippen LogP contribution in [0.2, 0.25) is 0 Å². The molecular formula is C16H15ClO2. The highest BCUT2D eigenvalue weighted by atomic mass is 35.5. The third-order valence-corrected chi connectivity index (χ3v) is 2.80. The maximum atomic E-state index is 5.60.